The van der Waals surface area contributed by atoms with E-state index in [1.807, 2.05) is 18.2 Å². The zero-order valence-electron chi connectivity index (χ0n) is 10.9. The number of rotatable bonds is 9. The molecule has 0 fully saturated rings. The van der Waals surface area contributed by atoms with E-state index >= 15 is 0 Å². The fourth-order valence-corrected chi connectivity index (χ4v) is 1.60. The summed E-state index contributed by atoms with van der Waals surface area (Å²) in [5, 5.41) is 23.4. The highest BCUT2D eigenvalue weighted by molar-refractivity contribution is 5.97. The van der Waals surface area contributed by atoms with Gasteiger partial charge in [0, 0.05) is 18.7 Å². The van der Waals surface area contributed by atoms with Gasteiger partial charge in [0.25, 0.3) is 0 Å². The minimum atomic E-state index is 0.0635. The fraction of sp³-hybridized carbons (Fsp3) is 0.462. The van der Waals surface area contributed by atoms with Crippen molar-refractivity contribution < 1.29 is 15.1 Å². The lowest BCUT2D eigenvalue weighted by Gasteiger charge is -2.07. The van der Waals surface area contributed by atoms with Crippen molar-refractivity contribution in [3.63, 3.8) is 0 Å². The van der Waals surface area contributed by atoms with Gasteiger partial charge in [0.15, 0.2) is 5.84 Å². The minimum Gasteiger partial charge on any atom is -0.409 e. The van der Waals surface area contributed by atoms with Crippen LogP contribution in [-0.4, -0.2) is 42.5 Å². The average molecular weight is 267 g/mol. The molecule has 0 saturated carbocycles. The highest BCUT2D eigenvalue weighted by atomic mass is 16.5. The first-order valence-corrected chi connectivity index (χ1v) is 6.24. The summed E-state index contributed by atoms with van der Waals surface area (Å²) in [6.45, 7) is 2.64. The first kappa shape index (κ1) is 15.4. The lowest BCUT2D eigenvalue weighted by Crippen LogP contribution is -2.18. The van der Waals surface area contributed by atoms with Crippen molar-refractivity contribution in [3.8, 4) is 0 Å². The molecule has 0 radical (unpaired) electrons. The van der Waals surface area contributed by atoms with E-state index < -0.39 is 0 Å². The summed E-state index contributed by atoms with van der Waals surface area (Å²) in [4.78, 5) is 0. The summed E-state index contributed by atoms with van der Waals surface area (Å²) in [5.41, 5.74) is 7.30. The Morgan fingerprint density at radius 1 is 1.37 bits per heavy atom. The summed E-state index contributed by atoms with van der Waals surface area (Å²) in [6.07, 6.45) is 0.889. The first-order valence-electron chi connectivity index (χ1n) is 6.24. The van der Waals surface area contributed by atoms with Crippen molar-refractivity contribution in [1.29, 1.82) is 0 Å². The predicted molar refractivity (Wildman–Crippen MR) is 73.2 cm³/mol. The van der Waals surface area contributed by atoms with E-state index in [9.17, 15) is 0 Å². The Morgan fingerprint density at radius 2 is 2.21 bits per heavy atom. The number of oxime groups is 1. The van der Waals surface area contributed by atoms with Crippen LogP contribution in [0.5, 0.6) is 0 Å². The highest BCUT2D eigenvalue weighted by Crippen LogP contribution is 2.04. The quantitative estimate of drug-likeness (QED) is 0.169. The molecule has 1 aromatic rings. The number of aliphatic hydroxyl groups excluding tert-OH is 1. The van der Waals surface area contributed by atoms with Crippen LogP contribution in [0.1, 0.15) is 17.5 Å². The molecule has 0 heterocycles. The lowest BCUT2D eigenvalue weighted by molar-refractivity contribution is 0.0907. The molecule has 0 unspecified atom stereocenters. The van der Waals surface area contributed by atoms with E-state index in [2.05, 4.69) is 10.5 Å². The molecule has 0 aromatic heterocycles. The van der Waals surface area contributed by atoms with Crippen LogP contribution in [0.15, 0.2) is 29.4 Å². The maximum absolute atomic E-state index is 8.61. The van der Waals surface area contributed by atoms with Crippen LogP contribution >= 0.6 is 0 Å². The third kappa shape index (κ3) is 6.19. The molecular formula is C13H21N3O3. The second kappa shape index (κ2) is 9.32. The molecule has 1 rings (SSSR count). The van der Waals surface area contributed by atoms with Gasteiger partial charge in [0.1, 0.15) is 0 Å². The molecule has 0 aliphatic carbocycles. The van der Waals surface area contributed by atoms with Gasteiger partial charge in [0.2, 0.25) is 0 Å². The molecule has 0 aliphatic heterocycles. The van der Waals surface area contributed by atoms with Crippen molar-refractivity contribution in [1.82, 2.24) is 5.32 Å². The third-order valence-electron chi connectivity index (χ3n) is 2.54. The number of nitrogens with one attached hydrogen (secondary N) is 1. The molecule has 6 heteroatoms. The van der Waals surface area contributed by atoms with Crippen LogP contribution < -0.4 is 11.1 Å². The predicted octanol–water partition coefficient (Wildman–Crippen LogP) is 0.270. The van der Waals surface area contributed by atoms with E-state index in [-0.39, 0.29) is 12.4 Å². The minimum absolute atomic E-state index is 0.0635. The Labute approximate surface area is 112 Å². The summed E-state index contributed by atoms with van der Waals surface area (Å²) in [7, 11) is 0. The van der Waals surface area contributed by atoms with Gasteiger partial charge >= 0.3 is 0 Å². The van der Waals surface area contributed by atoms with E-state index in [4.69, 9.17) is 20.8 Å². The molecule has 0 aliphatic rings. The molecule has 0 atom stereocenters. The van der Waals surface area contributed by atoms with Crippen molar-refractivity contribution in [2.24, 2.45) is 10.9 Å². The van der Waals surface area contributed by atoms with E-state index in [1.165, 1.54) is 0 Å². The molecule has 5 N–H and O–H groups in total. The standard InChI is InChI=1S/C13H21N3O3/c14-13(16-18)12-4-1-3-11(9-12)10-15-5-2-7-19-8-6-17/h1,3-4,9,15,17-18H,2,5-8,10H2,(H2,14,16). The van der Waals surface area contributed by atoms with Gasteiger partial charge < -0.3 is 26.1 Å². The van der Waals surface area contributed by atoms with Gasteiger partial charge in [-0.3, -0.25) is 0 Å². The molecule has 0 spiro atoms. The van der Waals surface area contributed by atoms with Crippen molar-refractivity contribution in [3.05, 3.63) is 35.4 Å². The lowest BCUT2D eigenvalue weighted by atomic mass is 10.1. The zero-order chi connectivity index (χ0) is 13.9. The Balaban J connectivity index is 2.26. The van der Waals surface area contributed by atoms with Gasteiger partial charge in [-0.1, -0.05) is 23.4 Å². The number of aliphatic hydroxyl groups is 1. The van der Waals surface area contributed by atoms with E-state index in [1.54, 1.807) is 6.07 Å². The number of hydrogen-bond donors (Lipinski definition) is 4. The second-order valence-corrected chi connectivity index (χ2v) is 4.05. The Morgan fingerprint density at radius 3 is 2.95 bits per heavy atom. The SMILES string of the molecule is N/C(=N/O)c1cccc(CNCCCOCCO)c1. The van der Waals surface area contributed by atoms with Gasteiger partial charge in [-0.05, 0) is 24.6 Å². The van der Waals surface area contributed by atoms with Crippen LogP contribution in [0.2, 0.25) is 0 Å². The Kier molecular flexibility index (Phi) is 7.57. The molecule has 106 valence electrons. The maximum Gasteiger partial charge on any atom is 0.170 e. The number of ether oxygens (including phenoxy) is 1. The molecular weight excluding hydrogens is 246 g/mol. The Hall–Kier alpha value is -1.63. The second-order valence-electron chi connectivity index (χ2n) is 4.05. The van der Waals surface area contributed by atoms with Crippen LogP contribution in [0, 0.1) is 0 Å². The van der Waals surface area contributed by atoms with Crippen molar-refractivity contribution in [2.45, 2.75) is 13.0 Å². The number of nitrogens with two attached hydrogens (primary N) is 1. The van der Waals surface area contributed by atoms with E-state index in [0.717, 1.165) is 18.5 Å². The number of hydrogen-bond acceptors (Lipinski definition) is 5. The van der Waals surface area contributed by atoms with Crippen LogP contribution in [0.25, 0.3) is 0 Å². The molecule has 0 saturated heterocycles. The fourth-order valence-electron chi connectivity index (χ4n) is 1.60. The summed E-state index contributed by atoms with van der Waals surface area (Å²) in [5.74, 6) is 0.110. The van der Waals surface area contributed by atoms with Gasteiger partial charge in [-0.15, -0.1) is 0 Å². The van der Waals surface area contributed by atoms with Crippen LogP contribution in [0.3, 0.4) is 0 Å². The number of amidine groups is 1. The smallest absolute Gasteiger partial charge is 0.170 e. The van der Waals surface area contributed by atoms with Crippen molar-refractivity contribution in [2.75, 3.05) is 26.4 Å². The van der Waals surface area contributed by atoms with Gasteiger partial charge in [0.05, 0.1) is 13.2 Å². The van der Waals surface area contributed by atoms with Gasteiger partial charge in [-0.2, -0.15) is 0 Å². The zero-order valence-corrected chi connectivity index (χ0v) is 10.9. The average Bonchev–Trinajstić information content (AvgIpc) is 2.46. The first-order chi connectivity index (χ1) is 9.27. The largest absolute Gasteiger partial charge is 0.409 e. The molecule has 6 nitrogen and oxygen atoms in total. The number of benzene rings is 1. The van der Waals surface area contributed by atoms with E-state index in [0.29, 0.717) is 25.3 Å². The number of nitrogens with zero attached hydrogens (tertiary/aromatic N) is 1. The molecule has 1 aromatic carbocycles. The van der Waals surface area contributed by atoms with Crippen molar-refractivity contribution >= 4 is 5.84 Å². The normalized spacial score (nSPS) is 11.7. The third-order valence-corrected chi connectivity index (χ3v) is 2.54. The van der Waals surface area contributed by atoms with Crippen LogP contribution in [0.4, 0.5) is 0 Å². The van der Waals surface area contributed by atoms with Gasteiger partial charge in [-0.25, -0.2) is 0 Å². The summed E-state index contributed by atoms with van der Waals surface area (Å²) >= 11 is 0. The Bertz CT molecular complexity index is 396. The topological polar surface area (TPSA) is 100 Å². The van der Waals surface area contributed by atoms with Crippen LogP contribution in [-0.2, 0) is 11.3 Å². The molecule has 19 heavy (non-hydrogen) atoms. The highest BCUT2D eigenvalue weighted by Gasteiger charge is 2.00. The monoisotopic (exact) mass is 267 g/mol. The summed E-state index contributed by atoms with van der Waals surface area (Å²) < 4.78 is 5.15. The summed E-state index contributed by atoms with van der Waals surface area (Å²) in [6, 6.07) is 7.52. The molecule has 0 amide bonds. The molecule has 0 bridgehead atoms. The maximum atomic E-state index is 8.61.